The fourth-order valence-electron chi connectivity index (χ4n) is 8.83. The maximum atomic E-state index is 14.2. The summed E-state index contributed by atoms with van der Waals surface area (Å²) in [6.07, 6.45) is -2.66. The van der Waals surface area contributed by atoms with E-state index < -0.39 is 88.2 Å². The molecule has 4 unspecified atom stereocenters. The molecule has 0 aliphatic heterocycles. The molecule has 3 aromatic rings. The molecule has 13 nitrogen and oxygen atoms in total. The maximum absolute atomic E-state index is 14.2. The Morgan fingerprint density at radius 3 is 2.10 bits per heavy atom. The molecule has 50 heavy (non-hydrogen) atoms. The molecular weight excluding hydrogens is 646 g/mol. The van der Waals surface area contributed by atoms with Crippen LogP contribution in [0.3, 0.4) is 0 Å². The minimum Gasteiger partial charge on any atom is -0.505 e. The third-order valence-electron chi connectivity index (χ3n) is 11.1. The van der Waals surface area contributed by atoms with Gasteiger partial charge in [-0.15, -0.1) is 0 Å². The second-order valence-corrected chi connectivity index (χ2v) is 13.7. The Balaban J connectivity index is 1.18. The highest BCUT2D eigenvalue weighted by molar-refractivity contribution is 6.32. The molecule has 3 aromatic carbocycles. The van der Waals surface area contributed by atoms with Gasteiger partial charge in [-0.3, -0.25) is 34.2 Å². The van der Waals surface area contributed by atoms with Gasteiger partial charge in [-0.1, -0.05) is 61.5 Å². The number of hydrogen-bond donors (Lipinski definition) is 5. The van der Waals surface area contributed by atoms with Crippen molar-refractivity contribution in [2.75, 3.05) is 26.0 Å². The average Bonchev–Trinajstić information content (AvgIpc) is 3.39. The number of anilines is 1. The van der Waals surface area contributed by atoms with Gasteiger partial charge in [0.1, 0.15) is 12.4 Å². The summed E-state index contributed by atoms with van der Waals surface area (Å²) in [6.45, 7) is 1.58. The summed E-state index contributed by atoms with van der Waals surface area (Å²) in [7, 11) is 2.85. The van der Waals surface area contributed by atoms with Crippen molar-refractivity contribution in [1.82, 2.24) is 4.90 Å². The molecule has 2 saturated carbocycles. The number of amides is 2. The number of ether oxygens (including phenoxy) is 1. The molecule has 2 fully saturated rings. The summed E-state index contributed by atoms with van der Waals surface area (Å²) in [5.41, 5.74) is 6.04. The predicted octanol–water partition coefficient (Wildman–Crippen LogP) is 1.76. The number of primary amides is 1. The van der Waals surface area contributed by atoms with E-state index in [4.69, 9.17) is 10.5 Å². The van der Waals surface area contributed by atoms with Gasteiger partial charge in [-0.25, -0.2) is 4.79 Å². The minimum atomic E-state index is -3.11. The van der Waals surface area contributed by atoms with Crippen LogP contribution < -0.4 is 11.1 Å². The largest absolute Gasteiger partial charge is 0.505 e. The third kappa shape index (κ3) is 4.50. The van der Waals surface area contributed by atoms with E-state index in [1.807, 2.05) is 48.5 Å². The number of Topliss-reactive ketones (excluding diaryl/α,β-unsaturated/α-hetero) is 4. The predicted molar refractivity (Wildman–Crippen MR) is 176 cm³/mol. The standard InChI is InChI=1S/C37H35N3O10/c1-15-16-12-13-22(39-36(48)50-14-21-19-10-6-4-8-17(19)18-9-5-7-11-20(18)21)29(41)24(16)30(42)25-23(15)31(43)27-28(40(2)3)32(44)26(35(38)47)34(46)37(27,49)33(25)45/h4-13,15,21,23,25-28,31,41,43,49H,14H2,1-3H3,(H2,38,47)(H,39,48)/t15-,23?,25?,26?,27?,28-,31-,37-/m0/s1. The van der Waals surface area contributed by atoms with Gasteiger partial charge in [-0.2, -0.15) is 0 Å². The number of nitrogens with zero attached hydrogens (tertiary/aromatic N) is 1. The number of aliphatic hydroxyl groups is 2. The smallest absolute Gasteiger partial charge is 0.411 e. The monoisotopic (exact) mass is 681 g/mol. The molecule has 2 amide bonds. The van der Waals surface area contributed by atoms with E-state index in [1.165, 1.54) is 31.1 Å². The Hall–Kier alpha value is -5.24. The van der Waals surface area contributed by atoms with E-state index in [-0.39, 0.29) is 29.3 Å². The lowest BCUT2D eigenvalue weighted by atomic mass is 9.49. The number of rotatable bonds is 5. The van der Waals surface area contributed by atoms with Crippen molar-refractivity contribution in [2.24, 2.45) is 29.4 Å². The molecule has 258 valence electrons. The van der Waals surface area contributed by atoms with Crippen LogP contribution in [-0.4, -0.2) is 93.8 Å². The van der Waals surface area contributed by atoms with Crippen molar-refractivity contribution in [2.45, 2.75) is 36.5 Å². The topological polar surface area (TPSA) is 214 Å². The molecule has 0 radical (unpaired) electrons. The normalized spacial score (nSPS) is 29.8. The Morgan fingerprint density at radius 1 is 0.920 bits per heavy atom. The van der Waals surface area contributed by atoms with Crippen molar-refractivity contribution in [1.29, 1.82) is 0 Å². The number of nitrogens with one attached hydrogen (secondary N) is 1. The fourth-order valence-corrected chi connectivity index (χ4v) is 8.83. The van der Waals surface area contributed by atoms with Crippen molar-refractivity contribution >= 4 is 40.8 Å². The van der Waals surface area contributed by atoms with Crippen molar-refractivity contribution in [3.8, 4) is 16.9 Å². The first-order chi connectivity index (χ1) is 23.7. The van der Waals surface area contributed by atoms with Gasteiger partial charge in [0.2, 0.25) is 5.91 Å². The number of benzene rings is 3. The highest BCUT2D eigenvalue weighted by Gasteiger charge is 2.73. The molecular formula is C37H35N3O10. The molecule has 7 rings (SSSR count). The molecule has 0 heterocycles. The molecule has 0 spiro atoms. The highest BCUT2D eigenvalue weighted by Crippen LogP contribution is 2.55. The van der Waals surface area contributed by atoms with Crippen LogP contribution in [0, 0.1) is 23.7 Å². The van der Waals surface area contributed by atoms with Crippen LogP contribution in [0.5, 0.6) is 5.75 Å². The average molecular weight is 682 g/mol. The summed E-state index contributed by atoms with van der Waals surface area (Å²) in [4.78, 5) is 81.8. The Bertz CT molecular complexity index is 1980. The number of carbonyl (C=O) groups is 6. The van der Waals surface area contributed by atoms with Crippen LogP contribution in [0.4, 0.5) is 10.5 Å². The van der Waals surface area contributed by atoms with E-state index in [1.54, 1.807) is 6.92 Å². The molecule has 0 bridgehead atoms. The first kappa shape index (κ1) is 33.3. The summed E-state index contributed by atoms with van der Waals surface area (Å²) >= 11 is 0. The van der Waals surface area contributed by atoms with Crippen molar-refractivity contribution in [3.63, 3.8) is 0 Å². The number of nitrogens with two attached hydrogens (primary N) is 1. The summed E-state index contributed by atoms with van der Waals surface area (Å²) in [5.74, 6) is -14.8. The molecule has 6 N–H and O–H groups in total. The van der Waals surface area contributed by atoms with Crippen LogP contribution in [0.2, 0.25) is 0 Å². The number of aromatic hydroxyl groups is 1. The first-order valence-electron chi connectivity index (χ1n) is 16.2. The van der Waals surface area contributed by atoms with Crippen LogP contribution in [0.15, 0.2) is 60.7 Å². The van der Waals surface area contributed by atoms with Gasteiger partial charge in [0, 0.05) is 11.8 Å². The van der Waals surface area contributed by atoms with Gasteiger partial charge in [0.05, 0.1) is 35.2 Å². The Kier molecular flexibility index (Phi) is 7.77. The molecule has 4 aliphatic rings. The number of hydrogen-bond acceptors (Lipinski definition) is 11. The van der Waals surface area contributed by atoms with E-state index in [0.717, 1.165) is 22.3 Å². The Morgan fingerprint density at radius 2 is 1.52 bits per heavy atom. The summed E-state index contributed by atoms with van der Waals surface area (Å²) < 4.78 is 5.59. The van der Waals surface area contributed by atoms with E-state index >= 15 is 0 Å². The zero-order valence-electron chi connectivity index (χ0n) is 27.3. The zero-order valence-corrected chi connectivity index (χ0v) is 27.3. The summed E-state index contributed by atoms with van der Waals surface area (Å²) in [6, 6.07) is 17.0. The van der Waals surface area contributed by atoms with Gasteiger partial charge >= 0.3 is 6.09 Å². The number of carbonyl (C=O) groups excluding carboxylic acids is 6. The quantitative estimate of drug-likeness (QED) is 0.193. The van der Waals surface area contributed by atoms with Crippen LogP contribution in [-0.2, 0) is 23.9 Å². The van der Waals surface area contributed by atoms with Crippen molar-refractivity contribution in [3.05, 3.63) is 82.9 Å². The van der Waals surface area contributed by atoms with Gasteiger partial charge < -0.3 is 25.8 Å². The van der Waals surface area contributed by atoms with Crippen molar-refractivity contribution < 1.29 is 48.8 Å². The lowest BCUT2D eigenvalue weighted by Gasteiger charge is -2.56. The molecule has 4 aliphatic carbocycles. The van der Waals surface area contributed by atoms with E-state index in [2.05, 4.69) is 5.32 Å². The van der Waals surface area contributed by atoms with Gasteiger partial charge in [0.25, 0.3) is 0 Å². The second-order valence-electron chi connectivity index (χ2n) is 13.7. The molecule has 13 heteroatoms. The van der Waals surface area contributed by atoms with Crippen LogP contribution in [0.1, 0.15) is 45.8 Å². The summed E-state index contributed by atoms with van der Waals surface area (Å²) in [5, 5.41) is 37.4. The van der Waals surface area contributed by atoms with Gasteiger partial charge in [-0.05, 0) is 53.9 Å². The number of phenolic OH excluding ortho intramolecular Hbond substituents is 1. The molecule has 0 aromatic heterocycles. The second kappa shape index (κ2) is 11.7. The first-order valence-corrected chi connectivity index (χ1v) is 16.2. The lowest BCUT2D eigenvalue weighted by Crippen LogP contribution is -2.77. The van der Waals surface area contributed by atoms with E-state index in [9.17, 15) is 44.1 Å². The third-order valence-corrected chi connectivity index (χ3v) is 11.1. The van der Waals surface area contributed by atoms with Gasteiger partial charge in [0.15, 0.2) is 34.7 Å². The number of fused-ring (bicyclic) bond motifs is 6. The zero-order chi connectivity index (χ0) is 36.0. The minimum absolute atomic E-state index is 0.0197. The number of ketones is 4. The maximum Gasteiger partial charge on any atom is 0.411 e. The number of likely N-dealkylation sites (N-methyl/N-ethyl adjacent to an activating group) is 1. The number of phenols is 1. The van der Waals surface area contributed by atoms with E-state index in [0.29, 0.717) is 0 Å². The Labute approximate surface area is 286 Å². The SMILES string of the molecule is C[C@H]1c2ccc(NC(=O)OCC3c4ccccc4-c4ccccc43)c(O)c2C(=O)C2C(=O)[C@]3(O)C(=O)C(C(N)=O)C(=O)[C@@H](N(C)C)C3[C@@H](O)C21. The molecule has 8 atom stereocenters. The molecule has 0 saturated heterocycles. The van der Waals surface area contributed by atoms with Crippen LogP contribution >= 0.6 is 0 Å². The highest BCUT2D eigenvalue weighted by atomic mass is 16.5. The fraction of sp³-hybridized carbons (Fsp3) is 0.351. The lowest BCUT2D eigenvalue weighted by molar-refractivity contribution is -0.196. The van der Waals surface area contributed by atoms with Crippen LogP contribution in [0.25, 0.3) is 11.1 Å². The number of aliphatic hydroxyl groups excluding tert-OH is 1.